The van der Waals surface area contributed by atoms with Crippen LogP contribution in [0.3, 0.4) is 0 Å². The van der Waals surface area contributed by atoms with Crippen LogP contribution >= 0.6 is 0 Å². The van der Waals surface area contributed by atoms with Gasteiger partial charge in [-0.25, -0.2) is 0 Å². The number of nitrogens with zero attached hydrogens (tertiary/aromatic N) is 2. The lowest BCUT2D eigenvalue weighted by Gasteiger charge is -2.47. The highest BCUT2D eigenvalue weighted by atomic mass is 15.3. The Morgan fingerprint density at radius 3 is 2.53 bits per heavy atom. The van der Waals surface area contributed by atoms with E-state index in [1.165, 1.54) is 5.69 Å². The molecule has 1 saturated heterocycles. The quantitative estimate of drug-likeness (QED) is 0.898. The van der Waals surface area contributed by atoms with Gasteiger partial charge in [-0.1, -0.05) is 18.2 Å². The van der Waals surface area contributed by atoms with Gasteiger partial charge in [-0.15, -0.1) is 0 Å². The molecule has 0 bridgehead atoms. The van der Waals surface area contributed by atoms with E-state index in [1.54, 1.807) is 0 Å². The highest BCUT2D eigenvalue weighted by Crippen LogP contribution is 2.20. The first kappa shape index (κ1) is 14.4. The Balaban J connectivity index is 1.85. The molecule has 106 valence electrons. The van der Waals surface area contributed by atoms with Gasteiger partial charge in [0.15, 0.2) is 0 Å². The van der Waals surface area contributed by atoms with Gasteiger partial charge in [-0.05, 0) is 40.0 Å². The zero-order valence-corrected chi connectivity index (χ0v) is 12.7. The topological polar surface area (TPSA) is 18.5 Å². The van der Waals surface area contributed by atoms with E-state index >= 15 is 0 Å². The third kappa shape index (κ3) is 3.71. The Kier molecular flexibility index (Phi) is 4.48. The maximum absolute atomic E-state index is 3.52. The number of rotatable bonds is 4. The summed E-state index contributed by atoms with van der Waals surface area (Å²) in [6.07, 6.45) is 0. The molecule has 0 aromatic heterocycles. The van der Waals surface area contributed by atoms with Crippen molar-refractivity contribution in [1.82, 2.24) is 9.80 Å². The van der Waals surface area contributed by atoms with Crippen LogP contribution in [-0.4, -0.2) is 54.6 Å². The fourth-order valence-corrected chi connectivity index (χ4v) is 2.60. The first-order valence-corrected chi connectivity index (χ1v) is 7.23. The summed E-state index contributed by atoms with van der Waals surface area (Å²) in [5, 5.41) is 3.52. The number of hydrogen-bond acceptors (Lipinski definition) is 3. The second-order valence-electron chi connectivity index (χ2n) is 6.30. The lowest BCUT2D eigenvalue weighted by Crippen LogP contribution is -2.60. The standard InChI is InChI=1S/C16H27N3/c1-14(12-17-15-8-6-5-7-9-15)19-11-10-18(4)16(2,3)13-19/h5-9,14,17H,10-13H2,1-4H3. The van der Waals surface area contributed by atoms with Crippen molar-refractivity contribution in [3.63, 3.8) is 0 Å². The summed E-state index contributed by atoms with van der Waals surface area (Å²) in [6, 6.07) is 11.0. The number of likely N-dealkylation sites (N-methyl/N-ethyl adjacent to an activating group) is 1. The van der Waals surface area contributed by atoms with Crippen LogP contribution in [0.15, 0.2) is 30.3 Å². The highest BCUT2D eigenvalue weighted by Gasteiger charge is 2.32. The number of benzene rings is 1. The summed E-state index contributed by atoms with van der Waals surface area (Å²) >= 11 is 0. The molecule has 3 nitrogen and oxygen atoms in total. The Labute approximate surface area is 117 Å². The predicted octanol–water partition coefficient (Wildman–Crippen LogP) is 2.51. The van der Waals surface area contributed by atoms with Gasteiger partial charge in [0.05, 0.1) is 0 Å². The van der Waals surface area contributed by atoms with Crippen LogP contribution in [0.5, 0.6) is 0 Å². The second kappa shape index (κ2) is 5.93. The third-order valence-electron chi connectivity index (χ3n) is 4.34. The van der Waals surface area contributed by atoms with Crippen LogP contribution in [0.25, 0.3) is 0 Å². The van der Waals surface area contributed by atoms with Crippen molar-refractivity contribution in [2.75, 3.05) is 38.5 Å². The van der Waals surface area contributed by atoms with Gasteiger partial charge in [-0.2, -0.15) is 0 Å². The number of hydrogen-bond donors (Lipinski definition) is 1. The maximum Gasteiger partial charge on any atom is 0.0340 e. The molecular weight excluding hydrogens is 234 g/mol. The summed E-state index contributed by atoms with van der Waals surface area (Å²) in [5.74, 6) is 0. The lowest BCUT2D eigenvalue weighted by atomic mass is 9.98. The Bertz CT molecular complexity index is 388. The average molecular weight is 261 g/mol. The molecule has 1 atom stereocenters. The van der Waals surface area contributed by atoms with E-state index in [-0.39, 0.29) is 5.54 Å². The van der Waals surface area contributed by atoms with Crippen molar-refractivity contribution in [3.8, 4) is 0 Å². The molecule has 1 N–H and O–H groups in total. The average Bonchev–Trinajstić information content (AvgIpc) is 2.40. The monoisotopic (exact) mass is 261 g/mol. The molecule has 1 heterocycles. The van der Waals surface area contributed by atoms with Gasteiger partial charge in [0.2, 0.25) is 0 Å². The summed E-state index contributed by atoms with van der Waals surface area (Å²) in [4.78, 5) is 5.05. The first-order valence-electron chi connectivity index (χ1n) is 7.23. The molecule has 1 aliphatic rings. The third-order valence-corrected chi connectivity index (χ3v) is 4.34. The fourth-order valence-electron chi connectivity index (χ4n) is 2.60. The van der Waals surface area contributed by atoms with E-state index in [9.17, 15) is 0 Å². The highest BCUT2D eigenvalue weighted by molar-refractivity contribution is 5.42. The van der Waals surface area contributed by atoms with Crippen LogP contribution in [-0.2, 0) is 0 Å². The van der Waals surface area contributed by atoms with Gasteiger partial charge in [0.1, 0.15) is 0 Å². The number of para-hydroxylation sites is 1. The van der Waals surface area contributed by atoms with Crippen LogP contribution < -0.4 is 5.32 Å². The number of anilines is 1. The van der Waals surface area contributed by atoms with E-state index in [0.29, 0.717) is 6.04 Å². The second-order valence-corrected chi connectivity index (χ2v) is 6.30. The lowest BCUT2D eigenvalue weighted by molar-refractivity contribution is 0.0233. The van der Waals surface area contributed by atoms with E-state index < -0.39 is 0 Å². The molecule has 1 unspecified atom stereocenters. The molecule has 0 radical (unpaired) electrons. The Morgan fingerprint density at radius 1 is 1.21 bits per heavy atom. The minimum Gasteiger partial charge on any atom is -0.383 e. The molecule has 1 aliphatic heterocycles. The zero-order chi connectivity index (χ0) is 13.9. The van der Waals surface area contributed by atoms with Crippen LogP contribution in [0, 0.1) is 0 Å². The van der Waals surface area contributed by atoms with Crippen molar-refractivity contribution in [1.29, 1.82) is 0 Å². The molecule has 1 aromatic carbocycles. The summed E-state index contributed by atoms with van der Waals surface area (Å²) in [5.41, 5.74) is 1.49. The molecule has 2 rings (SSSR count). The van der Waals surface area contributed by atoms with E-state index in [4.69, 9.17) is 0 Å². The number of nitrogens with one attached hydrogen (secondary N) is 1. The molecule has 19 heavy (non-hydrogen) atoms. The maximum atomic E-state index is 3.52. The van der Waals surface area contributed by atoms with E-state index in [0.717, 1.165) is 26.2 Å². The molecule has 0 aliphatic carbocycles. The largest absolute Gasteiger partial charge is 0.383 e. The fraction of sp³-hybridized carbons (Fsp3) is 0.625. The smallest absolute Gasteiger partial charge is 0.0340 e. The van der Waals surface area contributed by atoms with Gasteiger partial charge in [-0.3, -0.25) is 9.80 Å². The van der Waals surface area contributed by atoms with Crippen molar-refractivity contribution in [2.45, 2.75) is 32.4 Å². The molecular formula is C16H27N3. The van der Waals surface area contributed by atoms with Crippen molar-refractivity contribution in [3.05, 3.63) is 30.3 Å². The van der Waals surface area contributed by atoms with Crippen molar-refractivity contribution >= 4 is 5.69 Å². The van der Waals surface area contributed by atoms with Gasteiger partial charge >= 0.3 is 0 Å². The zero-order valence-electron chi connectivity index (χ0n) is 12.7. The predicted molar refractivity (Wildman–Crippen MR) is 82.7 cm³/mol. The molecule has 1 aromatic rings. The molecule has 0 saturated carbocycles. The molecule has 0 amide bonds. The summed E-state index contributed by atoms with van der Waals surface area (Å²) in [7, 11) is 2.23. The summed E-state index contributed by atoms with van der Waals surface area (Å²) in [6.45, 7) is 11.4. The Hall–Kier alpha value is -1.06. The minimum atomic E-state index is 0.277. The number of piperazine rings is 1. The van der Waals surface area contributed by atoms with E-state index in [2.05, 4.69) is 73.3 Å². The SMILES string of the molecule is CC(CNc1ccccc1)N1CCN(C)C(C)(C)C1. The van der Waals surface area contributed by atoms with Crippen molar-refractivity contribution < 1.29 is 0 Å². The first-order chi connectivity index (χ1) is 8.99. The normalized spacial score (nSPS) is 22.1. The van der Waals surface area contributed by atoms with Gasteiger partial charge in [0, 0.05) is 43.4 Å². The van der Waals surface area contributed by atoms with Crippen LogP contribution in [0.4, 0.5) is 5.69 Å². The molecule has 1 fully saturated rings. The van der Waals surface area contributed by atoms with E-state index in [1.807, 2.05) is 0 Å². The van der Waals surface area contributed by atoms with Crippen molar-refractivity contribution in [2.24, 2.45) is 0 Å². The van der Waals surface area contributed by atoms with Gasteiger partial charge in [0.25, 0.3) is 0 Å². The Morgan fingerprint density at radius 2 is 1.89 bits per heavy atom. The summed E-state index contributed by atoms with van der Waals surface area (Å²) < 4.78 is 0. The minimum absolute atomic E-state index is 0.277. The molecule has 3 heteroatoms. The molecule has 0 spiro atoms. The van der Waals surface area contributed by atoms with Crippen LogP contribution in [0.1, 0.15) is 20.8 Å². The van der Waals surface area contributed by atoms with Crippen LogP contribution in [0.2, 0.25) is 0 Å². The van der Waals surface area contributed by atoms with Gasteiger partial charge < -0.3 is 5.32 Å².